The molecule has 1 fully saturated rings. The molecular formula is C11H19N5S. The standard InChI is InChI=1S/C11H19N5S/c1-15(2)6-7-16-10(8-4-3-5-8)9(11(12)17)13-14-16/h8H,3-7H2,1-2H3,(H2,12,17). The molecule has 1 aromatic heterocycles. The first-order valence-electron chi connectivity index (χ1n) is 5.97. The normalized spacial score (nSPS) is 16.2. The molecular weight excluding hydrogens is 234 g/mol. The van der Waals surface area contributed by atoms with Crippen LogP contribution in [0.2, 0.25) is 0 Å². The molecule has 0 aromatic carbocycles. The summed E-state index contributed by atoms with van der Waals surface area (Å²) < 4.78 is 1.97. The van der Waals surface area contributed by atoms with Crippen LogP contribution in [0.25, 0.3) is 0 Å². The van der Waals surface area contributed by atoms with E-state index in [2.05, 4.69) is 29.3 Å². The number of likely N-dealkylation sites (N-methyl/N-ethyl adjacent to an activating group) is 1. The summed E-state index contributed by atoms with van der Waals surface area (Å²) in [5, 5.41) is 8.31. The quantitative estimate of drug-likeness (QED) is 0.784. The van der Waals surface area contributed by atoms with Gasteiger partial charge in [0, 0.05) is 12.5 Å². The highest BCUT2D eigenvalue weighted by atomic mass is 32.1. The second-order valence-corrected chi connectivity index (χ2v) is 5.28. The van der Waals surface area contributed by atoms with Gasteiger partial charge in [0.2, 0.25) is 0 Å². The minimum atomic E-state index is 0.364. The number of nitrogens with two attached hydrogens (primary N) is 1. The number of hydrogen-bond acceptors (Lipinski definition) is 4. The average molecular weight is 253 g/mol. The Balaban J connectivity index is 2.22. The van der Waals surface area contributed by atoms with Crippen LogP contribution in [0.4, 0.5) is 0 Å². The van der Waals surface area contributed by atoms with Crippen LogP contribution in [-0.2, 0) is 6.54 Å². The first kappa shape index (κ1) is 12.4. The van der Waals surface area contributed by atoms with Gasteiger partial charge in [-0.05, 0) is 26.9 Å². The van der Waals surface area contributed by atoms with Crippen LogP contribution in [-0.4, -0.2) is 45.5 Å². The topological polar surface area (TPSA) is 60.0 Å². The van der Waals surface area contributed by atoms with Gasteiger partial charge < -0.3 is 10.6 Å². The zero-order chi connectivity index (χ0) is 12.4. The molecule has 0 spiro atoms. The number of nitrogens with zero attached hydrogens (tertiary/aromatic N) is 4. The molecule has 2 N–H and O–H groups in total. The van der Waals surface area contributed by atoms with Crippen LogP contribution in [0.1, 0.15) is 36.6 Å². The molecule has 0 atom stereocenters. The lowest BCUT2D eigenvalue weighted by atomic mass is 9.82. The minimum Gasteiger partial charge on any atom is -0.388 e. The molecule has 0 radical (unpaired) electrons. The van der Waals surface area contributed by atoms with Crippen molar-refractivity contribution in [2.24, 2.45) is 5.73 Å². The summed E-state index contributed by atoms with van der Waals surface area (Å²) in [5.41, 5.74) is 7.58. The van der Waals surface area contributed by atoms with E-state index in [1.807, 2.05) is 4.68 Å². The van der Waals surface area contributed by atoms with Crippen molar-refractivity contribution in [3.8, 4) is 0 Å². The number of rotatable bonds is 5. The fourth-order valence-electron chi connectivity index (χ4n) is 2.04. The lowest BCUT2D eigenvalue weighted by molar-refractivity contribution is 0.344. The van der Waals surface area contributed by atoms with Crippen molar-refractivity contribution in [2.75, 3.05) is 20.6 Å². The molecule has 17 heavy (non-hydrogen) atoms. The molecule has 1 saturated carbocycles. The van der Waals surface area contributed by atoms with Crippen molar-refractivity contribution >= 4 is 17.2 Å². The largest absolute Gasteiger partial charge is 0.388 e. The summed E-state index contributed by atoms with van der Waals surface area (Å²) in [6.07, 6.45) is 3.68. The van der Waals surface area contributed by atoms with Gasteiger partial charge in [0.15, 0.2) is 0 Å². The molecule has 0 saturated heterocycles. The number of aromatic nitrogens is 3. The molecule has 5 nitrogen and oxygen atoms in total. The monoisotopic (exact) mass is 253 g/mol. The molecule has 1 heterocycles. The Morgan fingerprint density at radius 1 is 1.53 bits per heavy atom. The maximum absolute atomic E-state index is 5.71. The van der Waals surface area contributed by atoms with Gasteiger partial charge in [0.05, 0.1) is 12.2 Å². The number of thiocarbonyl (C=S) groups is 1. The van der Waals surface area contributed by atoms with Gasteiger partial charge in [-0.3, -0.25) is 0 Å². The summed E-state index contributed by atoms with van der Waals surface area (Å²) in [7, 11) is 4.10. The predicted octanol–water partition coefficient (Wildman–Crippen LogP) is 0.741. The van der Waals surface area contributed by atoms with Crippen LogP contribution >= 0.6 is 12.2 Å². The second-order valence-electron chi connectivity index (χ2n) is 4.84. The summed E-state index contributed by atoms with van der Waals surface area (Å²) >= 11 is 5.04. The Bertz CT molecular complexity index is 408. The van der Waals surface area contributed by atoms with Crippen molar-refractivity contribution in [1.82, 2.24) is 19.9 Å². The molecule has 0 amide bonds. The highest BCUT2D eigenvalue weighted by Gasteiger charge is 2.28. The fraction of sp³-hybridized carbons (Fsp3) is 0.727. The minimum absolute atomic E-state index is 0.364. The van der Waals surface area contributed by atoms with Crippen molar-refractivity contribution < 1.29 is 0 Å². The zero-order valence-corrected chi connectivity index (χ0v) is 11.2. The smallest absolute Gasteiger partial charge is 0.143 e. The third kappa shape index (κ3) is 2.63. The molecule has 94 valence electrons. The van der Waals surface area contributed by atoms with Crippen molar-refractivity contribution in [3.05, 3.63) is 11.4 Å². The summed E-state index contributed by atoms with van der Waals surface area (Å²) in [5.74, 6) is 0.545. The van der Waals surface area contributed by atoms with Crippen LogP contribution < -0.4 is 5.73 Å². The summed E-state index contributed by atoms with van der Waals surface area (Å²) in [6.45, 7) is 1.79. The van der Waals surface area contributed by atoms with E-state index >= 15 is 0 Å². The Morgan fingerprint density at radius 2 is 2.24 bits per heavy atom. The highest BCUT2D eigenvalue weighted by Crippen LogP contribution is 2.37. The van der Waals surface area contributed by atoms with Crippen molar-refractivity contribution in [2.45, 2.75) is 31.7 Å². The molecule has 0 unspecified atom stereocenters. The van der Waals surface area contributed by atoms with E-state index in [0.29, 0.717) is 10.9 Å². The van der Waals surface area contributed by atoms with Gasteiger partial charge in [-0.15, -0.1) is 5.10 Å². The van der Waals surface area contributed by atoms with Gasteiger partial charge in [-0.25, -0.2) is 4.68 Å². The second kappa shape index (κ2) is 5.10. The summed E-state index contributed by atoms with van der Waals surface area (Å²) in [6, 6.07) is 0. The van der Waals surface area contributed by atoms with Gasteiger partial charge in [0.1, 0.15) is 10.7 Å². The molecule has 1 aliphatic carbocycles. The maximum Gasteiger partial charge on any atom is 0.143 e. The van der Waals surface area contributed by atoms with E-state index in [1.165, 1.54) is 19.3 Å². The van der Waals surface area contributed by atoms with E-state index in [1.54, 1.807) is 0 Å². The predicted molar refractivity (Wildman–Crippen MR) is 71.1 cm³/mol. The van der Waals surface area contributed by atoms with Crippen LogP contribution in [0.5, 0.6) is 0 Å². The van der Waals surface area contributed by atoms with Gasteiger partial charge >= 0.3 is 0 Å². The molecule has 0 aliphatic heterocycles. The first-order valence-corrected chi connectivity index (χ1v) is 6.38. The average Bonchev–Trinajstić information content (AvgIpc) is 2.56. The van der Waals surface area contributed by atoms with Gasteiger partial charge in [-0.1, -0.05) is 23.9 Å². The first-order chi connectivity index (χ1) is 8.09. The lowest BCUT2D eigenvalue weighted by Crippen LogP contribution is -2.24. The Kier molecular flexibility index (Phi) is 3.73. The maximum atomic E-state index is 5.71. The van der Waals surface area contributed by atoms with Crippen LogP contribution in [0.15, 0.2) is 0 Å². The molecule has 2 rings (SSSR count). The van der Waals surface area contributed by atoms with Crippen LogP contribution in [0.3, 0.4) is 0 Å². The van der Waals surface area contributed by atoms with E-state index in [4.69, 9.17) is 18.0 Å². The molecule has 1 aromatic rings. The third-order valence-corrected chi connectivity index (χ3v) is 3.45. The van der Waals surface area contributed by atoms with Gasteiger partial charge in [-0.2, -0.15) is 0 Å². The molecule has 6 heteroatoms. The Labute approximate surface area is 107 Å². The van der Waals surface area contributed by atoms with E-state index in [-0.39, 0.29) is 0 Å². The Hall–Kier alpha value is -1.01. The van der Waals surface area contributed by atoms with Gasteiger partial charge in [0.25, 0.3) is 0 Å². The highest BCUT2D eigenvalue weighted by molar-refractivity contribution is 7.80. The van der Waals surface area contributed by atoms with Crippen LogP contribution in [0, 0.1) is 0 Å². The zero-order valence-electron chi connectivity index (χ0n) is 10.4. The molecule has 0 bridgehead atoms. The third-order valence-electron chi connectivity index (χ3n) is 3.26. The van der Waals surface area contributed by atoms with E-state index < -0.39 is 0 Å². The van der Waals surface area contributed by atoms with Crippen molar-refractivity contribution in [1.29, 1.82) is 0 Å². The molecule has 1 aliphatic rings. The number of hydrogen-bond donors (Lipinski definition) is 1. The fourth-order valence-corrected chi connectivity index (χ4v) is 2.19. The van der Waals surface area contributed by atoms with E-state index in [0.717, 1.165) is 24.5 Å². The van der Waals surface area contributed by atoms with Crippen molar-refractivity contribution in [3.63, 3.8) is 0 Å². The SMILES string of the molecule is CN(C)CCn1nnc(C(N)=S)c1C1CCC1. The summed E-state index contributed by atoms with van der Waals surface area (Å²) in [4.78, 5) is 2.50. The Morgan fingerprint density at radius 3 is 2.71 bits per heavy atom. The lowest BCUT2D eigenvalue weighted by Gasteiger charge is -2.26. The van der Waals surface area contributed by atoms with E-state index in [9.17, 15) is 0 Å².